The molecule has 0 aliphatic rings. The zero-order chi connectivity index (χ0) is 35.0. The number of carboxylic acid groups (broad SMARTS) is 1. The van der Waals surface area contributed by atoms with Gasteiger partial charge in [0.25, 0.3) is 0 Å². The van der Waals surface area contributed by atoms with Crippen molar-refractivity contribution in [3.63, 3.8) is 0 Å². The number of benzene rings is 2. The quantitative estimate of drug-likeness (QED) is 0.161. The summed E-state index contributed by atoms with van der Waals surface area (Å²) < 4.78 is 77.3. The van der Waals surface area contributed by atoms with E-state index in [9.17, 15) is 13.2 Å². The third-order valence-corrected chi connectivity index (χ3v) is 6.23. The van der Waals surface area contributed by atoms with Crippen LogP contribution in [0.4, 0.5) is 24.9 Å². The van der Waals surface area contributed by atoms with E-state index in [1.165, 1.54) is 0 Å². The molecule has 14 nitrogen and oxygen atoms in total. The number of alkyl halides is 3. The highest BCUT2D eigenvalue weighted by atomic mass is 35.5. The minimum absolute atomic E-state index is 0.130. The maximum Gasteiger partial charge on any atom is 0.490 e. The summed E-state index contributed by atoms with van der Waals surface area (Å²) in [5.41, 5.74) is 7.84. The molecular weight excluding hydrogens is 657 g/mol. The van der Waals surface area contributed by atoms with Gasteiger partial charge in [0, 0.05) is 40.9 Å². The summed E-state index contributed by atoms with van der Waals surface area (Å²) in [5, 5.41) is 11.1. The van der Waals surface area contributed by atoms with E-state index < -0.39 is 12.1 Å². The second-order valence-electron chi connectivity index (χ2n) is 9.09. The number of hydrogen-bond donors (Lipinski definition) is 3. The SMILES string of the molecule is CNc1nc(N)nc2cc(-c3c(OCCOC)c(OCCOC)c(Cl)c(OCCOC)c3OCCOC)ccc12.O=C(O)C(F)(F)F. The second-order valence-corrected chi connectivity index (χ2v) is 9.46. The minimum Gasteiger partial charge on any atom is -0.486 e. The van der Waals surface area contributed by atoms with Crippen LogP contribution >= 0.6 is 11.6 Å². The number of aliphatic carboxylic acids is 1. The van der Waals surface area contributed by atoms with Gasteiger partial charge >= 0.3 is 12.1 Å². The average molecular weight is 695 g/mol. The standard InChI is InChI=1S/C27H37ClN4O8.C2HF3O2/c1-30-26-18-7-6-17(16-19(18)31-27(29)32-26)20-22(37-12-8-33-2)24(39-14-10-35-4)21(28)25(40-15-11-36-5)23(20)38-13-9-34-3;3-2(4,5)1(6)7/h6-7,16H,8-15H2,1-5H3,(H3,29,30,31,32);(H,6,7). The van der Waals surface area contributed by atoms with Crippen molar-refractivity contribution in [2.75, 3.05) is 99.4 Å². The molecule has 0 saturated heterocycles. The zero-order valence-corrected chi connectivity index (χ0v) is 27.2. The Morgan fingerprint density at radius 2 is 1.23 bits per heavy atom. The Morgan fingerprint density at radius 1 is 0.809 bits per heavy atom. The van der Waals surface area contributed by atoms with Crippen molar-refractivity contribution in [3.05, 3.63) is 23.2 Å². The van der Waals surface area contributed by atoms with E-state index in [4.69, 9.17) is 65.1 Å². The van der Waals surface area contributed by atoms with Crippen LogP contribution in [0.3, 0.4) is 0 Å². The molecule has 1 heterocycles. The number of carboxylic acids is 1. The van der Waals surface area contributed by atoms with Crippen LogP contribution in [0, 0.1) is 0 Å². The van der Waals surface area contributed by atoms with Crippen molar-refractivity contribution in [1.29, 1.82) is 0 Å². The molecule has 262 valence electrons. The van der Waals surface area contributed by atoms with Crippen LogP contribution in [-0.2, 0) is 23.7 Å². The molecular formula is C29H38ClF3N4O10. The van der Waals surface area contributed by atoms with Crippen LogP contribution in [0.15, 0.2) is 18.2 Å². The fraction of sp³-hybridized carbons (Fsp3) is 0.483. The predicted molar refractivity (Wildman–Crippen MR) is 167 cm³/mol. The van der Waals surface area contributed by atoms with Gasteiger partial charge in [-0.25, -0.2) is 9.78 Å². The molecule has 3 rings (SSSR count). The number of anilines is 2. The molecule has 3 aromatic rings. The number of rotatable bonds is 18. The third kappa shape index (κ3) is 11.3. The normalized spacial score (nSPS) is 11.1. The number of methoxy groups -OCH3 is 4. The number of aromatic nitrogens is 2. The van der Waals surface area contributed by atoms with Crippen LogP contribution in [0.25, 0.3) is 22.0 Å². The van der Waals surface area contributed by atoms with Crippen molar-refractivity contribution >= 4 is 40.2 Å². The van der Waals surface area contributed by atoms with E-state index in [1.807, 2.05) is 18.2 Å². The Balaban J connectivity index is 0.000000984. The Bertz CT molecular complexity index is 1400. The lowest BCUT2D eigenvalue weighted by Gasteiger charge is -2.24. The van der Waals surface area contributed by atoms with Crippen molar-refractivity contribution in [1.82, 2.24) is 9.97 Å². The van der Waals surface area contributed by atoms with Gasteiger partial charge in [-0.15, -0.1) is 0 Å². The van der Waals surface area contributed by atoms with Gasteiger partial charge in [-0.1, -0.05) is 17.7 Å². The number of nitrogens with one attached hydrogen (secondary N) is 1. The lowest BCUT2D eigenvalue weighted by Crippen LogP contribution is -2.21. The number of halogens is 4. The first-order chi connectivity index (χ1) is 22.4. The molecule has 47 heavy (non-hydrogen) atoms. The second kappa shape index (κ2) is 19.6. The van der Waals surface area contributed by atoms with Gasteiger partial charge < -0.3 is 54.1 Å². The first-order valence-electron chi connectivity index (χ1n) is 13.9. The molecule has 0 atom stereocenters. The summed E-state index contributed by atoms with van der Waals surface area (Å²) in [4.78, 5) is 17.6. The van der Waals surface area contributed by atoms with Gasteiger partial charge in [-0.05, 0) is 17.7 Å². The Kier molecular flexibility index (Phi) is 16.3. The Labute approximate surface area is 274 Å². The molecule has 4 N–H and O–H groups in total. The third-order valence-electron chi connectivity index (χ3n) is 5.88. The molecule has 2 aromatic carbocycles. The summed E-state index contributed by atoms with van der Waals surface area (Å²) >= 11 is 6.92. The maximum atomic E-state index is 10.6. The van der Waals surface area contributed by atoms with Crippen molar-refractivity contribution in [2.24, 2.45) is 0 Å². The number of carbonyl (C=O) groups is 1. The molecule has 0 aliphatic heterocycles. The number of nitrogens with two attached hydrogens (primary N) is 1. The zero-order valence-electron chi connectivity index (χ0n) is 26.5. The van der Waals surface area contributed by atoms with Gasteiger partial charge in [0.15, 0.2) is 23.0 Å². The van der Waals surface area contributed by atoms with E-state index in [2.05, 4.69) is 15.3 Å². The van der Waals surface area contributed by atoms with Gasteiger partial charge in [0.2, 0.25) is 5.95 Å². The van der Waals surface area contributed by atoms with Crippen LogP contribution in [0.5, 0.6) is 23.0 Å². The first-order valence-corrected chi connectivity index (χ1v) is 14.2. The minimum atomic E-state index is -5.08. The van der Waals surface area contributed by atoms with E-state index in [0.29, 0.717) is 60.4 Å². The number of nitrogens with zero attached hydrogens (tertiary/aromatic N) is 2. The molecule has 0 aliphatic carbocycles. The average Bonchev–Trinajstić information content (AvgIpc) is 3.03. The molecule has 0 unspecified atom stereocenters. The number of nitrogen functional groups attached to an aromatic ring is 1. The molecule has 0 saturated carbocycles. The molecule has 0 spiro atoms. The lowest BCUT2D eigenvalue weighted by atomic mass is 10.00. The maximum absolute atomic E-state index is 10.6. The van der Waals surface area contributed by atoms with E-state index in [-0.39, 0.29) is 48.9 Å². The largest absolute Gasteiger partial charge is 0.490 e. The van der Waals surface area contributed by atoms with Gasteiger partial charge in [-0.3, -0.25) is 0 Å². The Morgan fingerprint density at radius 3 is 1.62 bits per heavy atom. The van der Waals surface area contributed by atoms with Crippen LogP contribution in [-0.4, -0.2) is 116 Å². The topological polar surface area (TPSA) is 175 Å². The van der Waals surface area contributed by atoms with Crippen molar-refractivity contribution < 1.29 is 61.0 Å². The highest BCUT2D eigenvalue weighted by Crippen LogP contribution is 2.56. The van der Waals surface area contributed by atoms with E-state index in [0.717, 1.165) is 5.39 Å². The van der Waals surface area contributed by atoms with Gasteiger partial charge in [-0.2, -0.15) is 18.2 Å². The molecule has 18 heteroatoms. The summed E-state index contributed by atoms with van der Waals surface area (Å²) in [7, 11) is 8.12. The lowest BCUT2D eigenvalue weighted by molar-refractivity contribution is -0.192. The number of ether oxygens (including phenoxy) is 8. The Hall–Kier alpha value is -4.03. The number of fused-ring (bicyclic) bond motifs is 1. The summed E-state index contributed by atoms with van der Waals surface area (Å²) in [6.07, 6.45) is -5.08. The molecule has 0 fully saturated rings. The highest BCUT2D eigenvalue weighted by molar-refractivity contribution is 6.34. The van der Waals surface area contributed by atoms with Crippen molar-refractivity contribution in [2.45, 2.75) is 6.18 Å². The summed E-state index contributed by atoms with van der Waals surface area (Å²) in [6, 6.07) is 5.65. The fourth-order valence-corrected chi connectivity index (χ4v) is 4.11. The highest BCUT2D eigenvalue weighted by Gasteiger charge is 2.38. The molecule has 0 radical (unpaired) electrons. The monoisotopic (exact) mass is 694 g/mol. The summed E-state index contributed by atoms with van der Waals surface area (Å²) in [5.74, 6) is -0.785. The summed E-state index contributed by atoms with van der Waals surface area (Å²) in [6.45, 7) is 2.17. The van der Waals surface area contributed by atoms with Gasteiger partial charge in [0.1, 0.15) is 37.3 Å². The smallest absolute Gasteiger partial charge is 0.486 e. The number of hydrogen-bond acceptors (Lipinski definition) is 13. The van der Waals surface area contributed by atoms with Crippen LogP contribution in [0.2, 0.25) is 5.02 Å². The first kappa shape index (κ1) is 39.1. The van der Waals surface area contributed by atoms with Crippen molar-refractivity contribution in [3.8, 4) is 34.1 Å². The van der Waals surface area contributed by atoms with E-state index in [1.54, 1.807) is 35.5 Å². The molecule has 1 aromatic heterocycles. The van der Waals surface area contributed by atoms with Gasteiger partial charge in [0.05, 0.1) is 37.5 Å². The van der Waals surface area contributed by atoms with Crippen LogP contribution < -0.4 is 30.0 Å². The fourth-order valence-electron chi connectivity index (χ4n) is 3.83. The molecule has 0 amide bonds. The van der Waals surface area contributed by atoms with E-state index >= 15 is 0 Å². The van der Waals surface area contributed by atoms with Crippen LogP contribution in [0.1, 0.15) is 0 Å². The predicted octanol–water partition coefficient (Wildman–Crippen LogP) is 4.31. The molecule has 0 bridgehead atoms.